The van der Waals surface area contributed by atoms with Crippen molar-refractivity contribution >= 4 is 5.91 Å². The van der Waals surface area contributed by atoms with Crippen LogP contribution in [0.1, 0.15) is 33.1 Å². The summed E-state index contributed by atoms with van der Waals surface area (Å²) in [6.07, 6.45) is 3.20. The number of aliphatic hydroxyl groups is 1. The van der Waals surface area contributed by atoms with Crippen LogP contribution in [0, 0.1) is 0 Å². The van der Waals surface area contributed by atoms with Crippen molar-refractivity contribution in [2.75, 3.05) is 19.7 Å². The number of amides is 1. The van der Waals surface area contributed by atoms with E-state index in [-0.39, 0.29) is 24.6 Å². The summed E-state index contributed by atoms with van der Waals surface area (Å²) in [5.41, 5.74) is 0. The van der Waals surface area contributed by atoms with Crippen LogP contribution in [0.25, 0.3) is 0 Å². The lowest BCUT2D eigenvalue weighted by Crippen LogP contribution is -2.51. The van der Waals surface area contributed by atoms with E-state index in [0.717, 1.165) is 25.8 Å². The molecule has 4 heteroatoms. The molecule has 0 saturated carbocycles. The molecule has 2 N–H and O–H groups in total. The summed E-state index contributed by atoms with van der Waals surface area (Å²) in [4.78, 5) is 13.8. The first kappa shape index (κ1) is 12.5. The zero-order chi connectivity index (χ0) is 11.3. The van der Waals surface area contributed by atoms with E-state index in [1.807, 2.05) is 13.8 Å². The Labute approximate surface area is 91.6 Å². The molecule has 1 atom stereocenters. The third-order valence-electron chi connectivity index (χ3n) is 2.86. The van der Waals surface area contributed by atoms with Gasteiger partial charge in [-0.3, -0.25) is 4.79 Å². The molecule has 0 aromatic carbocycles. The van der Waals surface area contributed by atoms with Gasteiger partial charge in [-0.15, -0.1) is 0 Å². The zero-order valence-corrected chi connectivity index (χ0v) is 9.70. The van der Waals surface area contributed by atoms with E-state index in [0.29, 0.717) is 6.54 Å². The molecule has 1 amide bonds. The van der Waals surface area contributed by atoms with Crippen molar-refractivity contribution in [2.24, 2.45) is 0 Å². The summed E-state index contributed by atoms with van der Waals surface area (Å²) < 4.78 is 0. The summed E-state index contributed by atoms with van der Waals surface area (Å²) in [5, 5.41) is 12.2. The van der Waals surface area contributed by atoms with E-state index in [1.54, 1.807) is 4.90 Å². The van der Waals surface area contributed by atoms with Crippen molar-refractivity contribution in [3.05, 3.63) is 0 Å². The Bertz CT molecular complexity index is 201. The minimum absolute atomic E-state index is 0.0345. The van der Waals surface area contributed by atoms with Crippen LogP contribution >= 0.6 is 0 Å². The molecule has 0 aromatic heterocycles. The van der Waals surface area contributed by atoms with Crippen molar-refractivity contribution in [3.8, 4) is 0 Å². The van der Waals surface area contributed by atoms with Crippen LogP contribution in [0.5, 0.6) is 0 Å². The molecular formula is C11H22N2O2. The van der Waals surface area contributed by atoms with Crippen LogP contribution in [-0.2, 0) is 4.79 Å². The van der Waals surface area contributed by atoms with Gasteiger partial charge in [-0.1, -0.05) is 6.42 Å². The van der Waals surface area contributed by atoms with Crippen LogP contribution in [0.3, 0.4) is 0 Å². The summed E-state index contributed by atoms with van der Waals surface area (Å²) in [5.74, 6) is 0.138. The molecule has 1 aliphatic heterocycles. The maximum Gasteiger partial charge on any atom is 0.240 e. The van der Waals surface area contributed by atoms with Gasteiger partial charge in [0.15, 0.2) is 0 Å². The average Bonchev–Trinajstić information content (AvgIpc) is 2.26. The van der Waals surface area contributed by atoms with Gasteiger partial charge in [-0.05, 0) is 33.2 Å². The second-order valence-corrected chi connectivity index (χ2v) is 4.35. The van der Waals surface area contributed by atoms with Crippen molar-refractivity contribution < 1.29 is 9.90 Å². The average molecular weight is 214 g/mol. The van der Waals surface area contributed by atoms with Crippen molar-refractivity contribution in [3.63, 3.8) is 0 Å². The van der Waals surface area contributed by atoms with Crippen LogP contribution < -0.4 is 5.32 Å². The molecule has 1 heterocycles. The molecule has 0 radical (unpaired) electrons. The highest BCUT2D eigenvalue weighted by Gasteiger charge is 2.26. The lowest BCUT2D eigenvalue weighted by molar-refractivity contribution is -0.136. The van der Waals surface area contributed by atoms with E-state index in [4.69, 9.17) is 5.11 Å². The number of nitrogens with zero attached hydrogens (tertiary/aromatic N) is 1. The van der Waals surface area contributed by atoms with Crippen LogP contribution in [0.15, 0.2) is 0 Å². The SMILES string of the molecule is CC(C)N(CCO)C(=O)[C@H]1CCCCN1. The first-order valence-corrected chi connectivity index (χ1v) is 5.81. The highest BCUT2D eigenvalue weighted by molar-refractivity contribution is 5.82. The topological polar surface area (TPSA) is 52.6 Å². The maximum atomic E-state index is 12.1. The standard InChI is InChI=1S/C11H22N2O2/c1-9(2)13(7-8-14)11(15)10-5-3-4-6-12-10/h9-10,12,14H,3-8H2,1-2H3/t10-/m1/s1. The number of carbonyl (C=O) groups is 1. The highest BCUT2D eigenvalue weighted by Crippen LogP contribution is 2.11. The Kier molecular flexibility index (Phi) is 5.05. The normalized spacial score (nSPS) is 21.7. The quantitative estimate of drug-likeness (QED) is 0.710. The summed E-state index contributed by atoms with van der Waals surface area (Å²) in [7, 11) is 0. The van der Waals surface area contributed by atoms with E-state index in [2.05, 4.69) is 5.32 Å². The Morgan fingerprint density at radius 1 is 1.53 bits per heavy atom. The lowest BCUT2D eigenvalue weighted by atomic mass is 10.0. The molecule has 1 rings (SSSR count). The maximum absolute atomic E-state index is 12.1. The molecule has 0 unspecified atom stereocenters. The van der Waals surface area contributed by atoms with Gasteiger partial charge in [0.2, 0.25) is 5.91 Å². The molecule has 0 aromatic rings. The van der Waals surface area contributed by atoms with Crippen molar-refractivity contribution in [1.82, 2.24) is 10.2 Å². The van der Waals surface area contributed by atoms with Gasteiger partial charge < -0.3 is 15.3 Å². The van der Waals surface area contributed by atoms with Gasteiger partial charge >= 0.3 is 0 Å². The third kappa shape index (κ3) is 3.47. The van der Waals surface area contributed by atoms with Gasteiger partial charge in [0.05, 0.1) is 12.6 Å². The van der Waals surface area contributed by atoms with Crippen LogP contribution in [-0.4, -0.2) is 47.7 Å². The van der Waals surface area contributed by atoms with E-state index >= 15 is 0 Å². The monoisotopic (exact) mass is 214 g/mol. The van der Waals surface area contributed by atoms with Gasteiger partial charge in [0.25, 0.3) is 0 Å². The number of piperidine rings is 1. The second kappa shape index (κ2) is 6.08. The predicted octanol–water partition coefficient (Wildman–Crippen LogP) is 0.358. The number of hydrogen-bond donors (Lipinski definition) is 2. The third-order valence-corrected chi connectivity index (χ3v) is 2.86. The molecule has 0 spiro atoms. The Balaban J connectivity index is 2.53. The highest BCUT2D eigenvalue weighted by atomic mass is 16.3. The second-order valence-electron chi connectivity index (χ2n) is 4.35. The van der Waals surface area contributed by atoms with Crippen molar-refractivity contribution in [1.29, 1.82) is 0 Å². The molecule has 4 nitrogen and oxygen atoms in total. The minimum atomic E-state index is -0.0345. The number of hydrogen-bond acceptors (Lipinski definition) is 3. The molecule has 0 bridgehead atoms. The van der Waals surface area contributed by atoms with E-state index < -0.39 is 0 Å². The summed E-state index contributed by atoms with van der Waals surface area (Å²) in [6, 6.07) is 0.126. The smallest absolute Gasteiger partial charge is 0.240 e. The Morgan fingerprint density at radius 3 is 2.73 bits per heavy atom. The summed E-state index contributed by atoms with van der Waals surface area (Å²) in [6.45, 7) is 5.37. The lowest BCUT2D eigenvalue weighted by Gasteiger charge is -2.32. The van der Waals surface area contributed by atoms with Gasteiger partial charge in [-0.2, -0.15) is 0 Å². The fourth-order valence-corrected chi connectivity index (χ4v) is 1.99. The predicted molar refractivity (Wildman–Crippen MR) is 59.6 cm³/mol. The van der Waals surface area contributed by atoms with Gasteiger partial charge in [-0.25, -0.2) is 0 Å². The largest absolute Gasteiger partial charge is 0.395 e. The van der Waals surface area contributed by atoms with Crippen LogP contribution in [0.2, 0.25) is 0 Å². The molecule has 15 heavy (non-hydrogen) atoms. The fourth-order valence-electron chi connectivity index (χ4n) is 1.99. The minimum Gasteiger partial charge on any atom is -0.395 e. The Morgan fingerprint density at radius 2 is 2.27 bits per heavy atom. The molecule has 0 aliphatic carbocycles. The molecule has 1 saturated heterocycles. The number of nitrogens with one attached hydrogen (secondary N) is 1. The van der Waals surface area contributed by atoms with Crippen LogP contribution in [0.4, 0.5) is 0 Å². The van der Waals surface area contributed by atoms with E-state index in [1.165, 1.54) is 0 Å². The van der Waals surface area contributed by atoms with Gasteiger partial charge in [0.1, 0.15) is 0 Å². The van der Waals surface area contributed by atoms with Gasteiger partial charge in [0, 0.05) is 12.6 Å². The molecule has 1 aliphatic rings. The zero-order valence-electron chi connectivity index (χ0n) is 9.70. The van der Waals surface area contributed by atoms with Crippen molar-refractivity contribution in [2.45, 2.75) is 45.2 Å². The number of rotatable bonds is 4. The van der Waals surface area contributed by atoms with E-state index in [9.17, 15) is 4.79 Å². The molecule has 88 valence electrons. The first-order chi connectivity index (χ1) is 7.16. The molecular weight excluding hydrogens is 192 g/mol. The fraction of sp³-hybridized carbons (Fsp3) is 0.909. The number of aliphatic hydroxyl groups excluding tert-OH is 1. The Hall–Kier alpha value is -0.610. The summed E-state index contributed by atoms with van der Waals surface area (Å²) >= 11 is 0. The first-order valence-electron chi connectivity index (χ1n) is 5.81. The number of carbonyl (C=O) groups excluding carboxylic acids is 1. The molecule has 1 fully saturated rings.